The van der Waals surface area contributed by atoms with Gasteiger partial charge in [0.1, 0.15) is 5.82 Å². The highest BCUT2D eigenvalue weighted by Crippen LogP contribution is 2.27. The standard InChI is InChI=1S/C25H25F3/c1-3-5-21-13-10-18(16-23(21)26)7-6-17-8-11-20(12-9-17)22-15-14-19(4-2)24(27)25(22)28/h8-16H,3-7H2,1-2H3. The fraction of sp³-hybridized carbons (Fsp3) is 0.280. The first-order chi connectivity index (χ1) is 13.5. The summed E-state index contributed by atoms with van der Waals surface area (Å²) in [6, 6.07) is 16.2. The maximum absolute atomic E-state index is 14.3. The molecule has 28 heavy (non-hydrogen) atoms. The largest absolute Gasteiger partial charge is 0.207 e. The van der Waals surface area contributed by atoms with Crippen LogP contribution in [0, 0.1) is 17.5 Å². The van der Waals surface area contributed by atoms with E-state index in [0.717, 1.165) is 42.4 Å². The maximum Gasteiger partial charge on any atom is 0.166 e. The van der Waals surface area contributed by atoms with Crippen molar-refractivity contribution in [1.29, 1.82) is 0 Å². The summed E-state index contributed by atoms with van der Waals surface area (Å²) >= 11 is 0. The molecule has 0 amide bonds. The third kappa shape index (κ3) is 4.46. The first-order valence-electron chi connectivity index (χ1n) is 9.87. The monoisotopic (exact) mass is 382 g/mol. The predicted octanol–water partition coefficient (Wildman–Crippen LogP) is 7.07. The summed E-state index contributed by atoms with van der Waals surface area (Å²) in [6.45, 7) is 3.84. The lowest BCUT2D eigenvalue weighted by molar-refractivity contribution is 0.502. The van der Waals surface area contributed by atoms with Crippen molar-refractivity contribution in [3.05, 3.63) is 94.3 Å². The summed E-state index contributed by atoms with van der Waals surface area (Å²) in [5, 5.41) is 0. The van der Waals surface area contributed by atoms with Gasteiger partial charge >= 0.3 is 0 Å². The normalized spacial score (nSPS) is 11.0. The van der Waals surface area contributed by atoms with E-state index < -0.39 is 11.6 Å². The maximum atomic E-state index is 14.3. The van der Waals surface area contributed by atoms with E-state index in [1.54, 1.807) is 25.1 Å². The van der Waals surface area contributed by atoms with E-state index in [0.29, 0.717) is 17.5 Å². The van der Waals surface area contributed by atoms with Gasteiger partial charge in [0, 0.05) is 5.56 Å². The molecule has 0 saturated heterocycles. The molecule has 0 aliphatic heterocycles. The van der Waals surface area contributed by atoms with Crippen LogP contribution in [0.15, 0.2) is 54.6 Å². The molecular weight excluding hydrogens is 357 g/mol. The number of rotatable bonds is 7. The van der Waals surface area contributed by atoms with Crippen LogP contribution in [0.5, 0.6) is 0 Å². The fourth-order valence-corrected chi connectivity index (χ4v) is 3.44. The molecule has 0 nitrogen and oxygen atoms in total. The Morgan fingerprint density at radius 2 is 1.29 bits per heavy atom. The molecule has 3 heteroatoms. The number of aryl methyl sites for hydroxylation is 4. The molecule has 0 heterocycles. The molecule has 0 spiro atoms. The average Bonchev–Trinajstić information content (AvgIpc) is 2.71. The smallest absolute Gasteiger partial charge is 0.166 e. The van der Waals surface area contributed by atoms with Gasteiger partial charge in [-0.25, -0.2) is 13.2 Å². The highest BCUT2D eigenvalue weighted by Gasteiger charge is 2.13. The Bertz CT molecular complexity index is 943. The van der Waals surface area contributed by atoms with Crippen molar-refractivity contribution in [2.75, 3.05) is 0 Å². The second kappa shape index (κ2) is 9.09. The van der Waals surface area contributed by atoms with E-state index in [9.17, 15) is 13.2 Å². The quantitative estimate of drug-likeness (QED) is 0.410. The molecule has 0 saturated carbocycles. The lowest BCUT2D eigenvalue weighted by Gasteiger charge is -2.09. The van der Waals surface area contributed by atoms with E-state index in [-0.39, 0.29) is 11.4 Å². The molecule has 3 aromatic rings. The van der Waals surface area contributed by atoms with Gasteiger partial charge in [0.25, 0.3) is 0 Å². The van der Waals surface area contributed by atoms with Crippen molar-refractivity contribution in [2.45, 2.75) is 46.0 Å². The van der Waals surface area contributed by atoms with Gasteiger partial charge in [-0.1, -0.05) is 68.8 Å². The van der Waals surface area contributed by atoms with Crippen LogP contribution in [0.1, 0.15) is 42.5 Å². The first kappa shape index (κ1) is 20.2. The highest BCUT2D eigenvalue weighted by atomic mass is 19.2. The minimum atomic E-state index is -0.797. The molecule has 0 aliphatic rings. The second-order valence-electron chi connectivity index (χ2n) is 7.13. The summed E-state index contributed by atoms with van der Waals surface area (Å²) in [5.74, 6) is -1.70. The van der Waals surface area contributed by atoms with Gasteiger partial charge in [-0.05, 0) is 59.6 Å². The lowest BCUT2D eigenvalue weighted by Crippen LogP contribution is -1.97. The Morgan fingerprint density at radius 1 is 0.643 bits per heavy atom. The molecule has 0 bridgehead atoms. The van der Waals surface area contributed by atoms with Gasteiger partial charge < -0.3 is 0 Å². The first-order valence-corrected chi connectivity index (χ1v) is 9.87. The van der Waals surface area contributed by atoms with Crippen LogP contribution < -0.4 is 0 Å². The van der Waals surface area contributed by atoms with Crippen LogP contribution in [0.4, 0.5) is 13.2 Å². The number of hydrogen-bond acceptors (Lipinski definition) is 0. The zero-order chi connectivity index (χ0) is 20.1. The van der Waals surface area contributed by atoms with Crippen LogP contribution in [0.25, 0.3) is 11.1 Å². The van der Waals surface area contributed by atoms with Gasteiger partial charge in [-0.3, -0.25) is 0 Å². The Hall–Kier alpha value is -2.55. The van der Waals surface area contributed by atoms with Crippen LogP contribution in [-0.2, 0) is 25.7 Å². The minimum Gasteiger partial charge on any atom is -0.207 e. The van der Waals surface area contributed by atoms with E-state index in [2.05, 4.69) is 0 Å². The summed E-state index contributed by atoms with van der Waals surface area (Å²) < 4.78 is 42.4. The molecule has 0 radical (unpaired) electrons. The van der Waals surface area contributed by atoms with Gasteiger partial charge in [0.05, 0.1) is 0 Å². The van der Waals surface area contributed by atoms with Crippen LogP contribution >= 0.6 is 0 Å². The van der Waals surface area contributed by atoms with Gasteiger partial charge in [-0.2, -0.15) is 0 Å². The van der Waals surface area contributed by atoms with Gasteiger partial charge in [0.15, 0.2) is 11.6 Å². The van der Waals surface area contributed by atoms with Crippen molar-refractivity contribution in [3.63, 3.8) is 0 Å². The third-order valence-corrected chi connectivity index (χ3v) is 5.15. The minimum absolute atomic E-state index is 0.136. The molecule has 3 rings (SSSR count). The molecule has 0 atom stereocenters. The Kier molecular flexibility index (Phi) is 6.56. The second-order valence-corrected chi connectivity index (χ2v) is 7.13. The molecule has 3 aromatic carbocycles. The number of hydrogen-bond donors (Lipinski definition) is 0. The van der Waals surface area contributed by atoms with E-state index in [4.69, 9.17) is 0 Å². The summed E-state index contributed by atoms with van der Waals surface area (Å²) in [4.78, 5) is 0. The van der Waals surface area contributed by atoms with Crippen molar-refractivity contribution >= 4 is 0 Å². The number of benzene rings is 3. The lowest BCUT2D eigenvalue weighted by atomic mass is 9.98. The SMILES string of the molecule is CCCc1ccc(CCc2ccc(-c3ccc(CC)c(F)c3F)cc2)cc1F. The zero-order valence-electron chi connectivity index (χ0n) is 16.4. The number of halogens is 3. The molecule has 0 fully saturated rings. The molecule has 146 valence electrons. The Balaban J connectivity index is 1.70. The predicted molar refractivity (Wildman–Crippen MR) is 109 cm³/mol. The van der Waals surface area contributed by atoms with Crippen molar-refractivity contribution in [2.24, 2.45) is 0 Å². The summed E-state index contributed by atoms with van der Waals surface area (Å²) in [7, 11) is 0. The third-order valence-electron chi connectivity index (χ3n) is 5.15. The topological polar surface area (TPSA) is 0 Å². The van der Waals surface area contributed by atoms with Crippen molar-refractivity contribution in [3.8, 4) is 11.1 Å². The Labute approximate surface area is 165 Å². The van der Waals surface area contributed by atoms with Crippen LogP contribution in [0.3, 0.4) is 0 Å². The Morgan fingerprint density at radius 3 is 1.93 bits per heavy atom. The molecule has 0 aromatic heterocycles. The molecule has 0 unspecified atom stereocenters. The molecule has 0 aliphatic carbocycles. The fourth-order valence-electron chi connectivity index (χ4n) is 3.44. The van der Waals surface area contributed by atoms with E-state index in [1.807, 2.05) is 43.3 Å². The van der Waals surface area contributed by atoms with Gasteiger partial charge in [0.2, 0.25) is 0 Å². The summed E-state index contributed by atoms with van der Waals surface area (Å²) in [5.41, 5.74) is 4.11. The van der Waals surface area contributed by atoms with Crippen LogP contribution in [-0.4, -0.2) is 0 Å². The highest BCUT2D eigenvalue weighted by molar-refractivity contribution is 5.65. The summed E-state index contributed by atoms with van der Waals surface area (Å²) in [6.07, 6.45) is 3.63. The van der Waals surface area contributed by atoms with Gasteiger partial charge in [-0.15, -0.1) is 0 Å². The van der Waals surface area contributed by atoms with Crippen LogP contribution in [0.2, 0.25) is 0 Å². The van der Waals surface area contributed by atoms with E-state index >= 15 is 0 Å². The van der Waals surface area contributed by atoms with Crippen molar-refractivity contribution in [1.82, 2.24) is 0 Å². The van der Waals surface area contributed by atoms with E-state index in [1.165, 1.54) is 0 Å². The zero-order valence-corrected chi connectivity index (χ0v) is 16.4. The molecule has 0 N–H and O–H groups in total. The average molecular weight is 382 g/mol. The molecular formula is C25H25F3. The van der Waals surface area contributed by atoms with Crippen molar-refractivity contribution < 1.29 is 13.2 Å².